The second kappa shape index (κ2) is 5.32. The second-order valence-corrected chi connectivity index (χ2v) is 3.73. The van der Waals surface area contributed by atoms with E-state index in [0.29, 0.717) is 5.82 Å². The van der Waals surface area contributed by atoms with Crippen LogP contribution in [0.25, 0.3) is 0 Å². The highest BCUT2D eigenvalue weighted by molar-refractivity contribution is 5.79. The first-order valence-electron chi connectivity index (χ1n) is 5.02. The van der Waals surface area contributed by atoms with Gasteiger partial charge in [0, 0.05) is 24.0 Å². The Morgan fingerprint density at radius 3 is 2.81 bits per heavy atom. The van der Waals surface area contributed by atoms with E-state index in [1.54, 1.807) is 12.3 Å². The van der Waals surface area contributed by atoms with Gasteiger partial charge >= 0.3 is 0 Å². The minimum absolute atomic E-state index is 0.167. The molecule has 0 saturated carbocycles. The molecule has 6 nitrogen and oxygen atoms in total. The predicted molar refractivity (Wildman–Crippen MR) is 63.7 cm³/mol. The zero-order valence-corrected chi connectivity index (χ0v) is 9.47. The Balaban J connectivity index is 2.95. The topological polar surface area (TPSA) is 97.3 Å². The molecule has 88 valence electrons. The fourth-order valence-corrected chi connectivity index (χ4v) is 1.42. The molecule has 0 atom stereocenters. The van der Waals surface area contributed by atoms with E-state index in [4.69, 9.17) is 11.6 Å². The van der Waals surface area contributed by atoms with Crippen molar-refractivity contribution in [3.05, 3.63) is 18.3 Å². The van der Waals surface area contributed by atoms with Gasteiger partial charge in [-0.1, -0.05) is 0 Å². The van der Waals surface area contributed by atoms with E-state index in [2.05, 4.69) is 10.4 Å². The van der Waals surface area contributed by atoms with Crippen molar-refractivity contribution in [1.29, 1.82) is 0 Å². The van der Waals surface area contributed by atoms with Crippen LogP contribution in [0.15, 0.2) is 18.3 Å². The molecule has 0 fully saturated rings. The molecular weight excluding hydrogens is 206 g/mol. The highest BCUT2D eigenvalue weighted by Crippen LogP contribution is 2.18. The van der Waals surface area contributed by atoms with E-state index in [-0.39, 0.29) is 18.5 Å². The van der Waals surface area contributed by atoms with Gasteiger partial charge in [-0.15, -0.1) is 0 Å². The van der Waals surface area contributed by atoms with Gasteiger partial charge < -0.3 is 16.1 Å². The van der Waals surface area contributed by atoms with Gasteiger partial charge in [-0.2, -0.15) is 0 Å². The zero-order chi connectivity index (χ0) is 12.1. The summed E-state index contributed by atoms with van der Waals surface area (Å²) in [4.78, 5) is 16.8. The van der Waals surface area contributed by atoms with Crippen LogP contribution in [-0.4, -0.2) is 23.5 Å². The number of primary amides is 1. The van der Waals surface area contributed by atoms with Gasteiger partial charge in [-0.3, -0.25) is 4.79 Å². The number of hydrogen-bond donors (Lipinski definition) is 3. The van der Waals surface area contributed by atoms with Crippen molar-refractivity contribution in [2.45, 2.75) is 19.9 Å². The van der Waals surface area contributed by atoms with E-state index in [0.717, 1.165) is 5.69 Å². The Bertz CT molecular complexity index is 366. The van der Waals surface area contributed by atoms with Crippen molar-refractivity contribution >= 4 is 17.4 Å². The van der Waals surface area contributed by atoms with Gasteiger partial charge in [0.1, 0.15) is 5.82 Å². The number of rotatable bonds is 5. The van der Waals surface area contributed by atoms with Crippen molar-refractivity contribution in [2.75, 3.05) is 16.9 Å². The number of nitrogens with one attached hydrogen (secondary N) is 1. The molecule has 0 radical (unpaired) electrons. The van der Waals surface area contributed by atoms with Crippen LogP contribution in [-0.2, 0) is 4.79 Å². The number of nitrogen functional groups attached to an aromatic ring is 1. The molecule has 1 aromatic heterocycles. The van der Waals surface area contributed by atoms with Crippen LogP contribution in [0.4, 0.5) is 11.5 Å². The van der Waals surface area contributed by atoms with Crippen molar-refractivity contribution in [3.63, 3.8) is 0 Å². The number of pyridine rings is 1. The number of carbonyl (C=O) groups excluding carboxylic acids is 1. The summed E-state index contributed by atoms with van der Waals surface area (Å²) in [6.45, 7) is 4.14. The molecule has 0 bridgehead atoms. The summed E-state index contributed by atoms with van der Waals surface area (Å²) < 4.78 is 0. The molecule has 5 N–H and O–H groups in total. The minimum Gasteiger partial charge on any atom is -0.368 e. The lowest BCUT2D eigenvalue weighted by molar-refractivity contribution is -0.116. The number of nitrogens with two attached hydrogens (primary N) is 2. The molecule has 1 rings (SSSR count). The fraction of sp³-hybridized carbons (Fsp3) is 0.400. The summed E-state index contributed by atoms with van der Waals surface area (Å²) >= 11 is 0. The third kappa shape index (κ3) is 3.09. The van der Waals surface area contributed by atoms with Crippen LogP contribution in [0.5, 0.6) is 0 Å². The average Bonchev–Trinajstić information content (AvgIpc) is 2.25. The molecule has 16 heavy (non-hydrogen) atoms. The zero-order valence-electron chi connectivity index (χ0n) is 9.47. The van der Waals surface area contributed by atoms with E-state index in [1.165, 1.54) is 0 Å². The van der Waals surface area contributed by atoms with Crippen LogP contribution in [0.3, 0.4) is 0 Å². The molecule has 0 spiro atoms. The minimum atomic E-state index is -0.368. The van der Waals surface area contributed by atoms with Crippen LogP contribution in [0.1, 0.15) is 13.8 Å². The number of aromatic nitrogens is 1. The smallest absolute Gasteiger partial charge is 0.236 e. The molecule has 0 aliphatic carbocycles. The molecule has 0 aromatic carbocycles. The number of carbonyl (C=O) groups is 1. The second-order valence-electron chi connectivity index (χ2n) is 3.73. The maximum absolute atomic E-state index is 11.0. The molecule has 1 amide bonds. The Kier molecular flexibility index (Phi) is 4.07. The summed E-state index contributed by atoms with van der Waals surface area (Å²) in [7, 11) is 0. The molecule has 1 aromatic rings. The van der Waals surface area contributed by atoms with E-state index in [9.17, 15) is 4.79 Å². The van der Waals surface area contributed by atoms with Crippen LogP contribution >= 0.6 is 0 Å². The Morgan fingerprint density at radius 2 is 2.31 bits per heavy atom. The molecule has 0 unspecified atom stereocenters. The lowest BCUT2D eigenvalue weighted by Gasteiger charge is -2.27. The van der Waals surface area contributed by atoms with Gasteiger partial charge in [0.05, 0.1) is 6.54 Å². The Labute approximate surface area is 94.6 Å². The largest absolute Gasteiger partial charge is 0.368 e. The van der Waals surface area contributed by atoms with Crippen molar-refractivity contribution in [3.8, 4) is 0 Å². The summed E-state index contributed by atoms with van der Waals surface area (Å²) in [5.74, 6) is 5.45. The van der Waals surface area contributed by atoms with Gasteiger partial charge in [-0.25, -0.2) is 10.8 Å². The third-order valence-electron chi connectivity index (χ3n) is 2.17. The number of amides is 1. The molecular formula is C10H17N5O. The van der Waals surface area contributed by atoms with Crippen LogP contribution in [0, 0.1) is 0 Å². The highest BCUT2D eigenvalue weighted by Gasteiger charge is 2.13. The standard InChI is InChI=1S/C10H17N5O/c1-7(2)15(6-9(11)16)8-3-4-13-10(5-8)14-12/h3-5,7H,6,12H2,1-2H3,(H2,11,16)(H,13,14). The molecule has 0 aliphatic heterocycles. The Morgan fingerprint density at radius 1 is 1.62 bits per heavy atom. The molecule has 6 heteroatoms. The molecule has 0 saturated heterocycles. The van der Waals surface area contributed by atoms with Crippen molar-refractivity contribution in [2.24, 2.45) is 11.6 Å². The van der Waals surface area contributed by atoms with Gasteiger partial charge in [0.25, 0.3) is 0 Å². The van der Waals surface area contributed by atoms with Crippen molar-refractivity contribution in [1.82, 2.24) is 4.98 Å². The SMILES string of the molecule is CC(C)N(CC(N)=O)c1ccnc(NN)c1. The third-order valence-corrected chi connectivity index (χ3v) is 2.17. The van der Waals surface area contributed by atoms with E-state index < -0.39 is 0 Å². The fourth-order valence-electron chi connectivity index (χ4n) is 1.42. The van der Waals surface area contributed by atoms with E-state index in [1.807, 2.05) is 24.8 Å². The van der Waals surface area contributed by atoms with Gasteiger partial charge in [0.2, 0.25) is 5.91 Å². The maximum Gasteiger partial charge on any atom is 0.236 e. The lowest BCUT2D eigenvalue weighted by Crippen LogP contribution is -2.38. The molecule has 0 aliphatic rings. The summed E-state index contributed by atoms with van der Waals surface area (Å²) in [5, 5.41) is 0. The van der Waals surface area contributed by atoms with Crippen LogP contribution < -0.4 is 21.9 Å². The van der Waals surface area contributed by atoms with Gasteiger partial charge in [-0.05, 0) is 19.9 Å². The number of nitrogens with zero attached hydrogens (tertiary/aromatic N) is 2. The van der Waals surface area contributed by atoms with Crippen LogP contribution in [0.2, 0.25) is 0 Å². The predicted octanol–water partition coefficient (Wildman–Crippen LogP) is 0.0673. The summed E-state index contributed by atoms with van der Waals surface area (Å²) in [6.07, 6.45) is 1.63. The summed E-state index contributed by atoms with van der Waals surface area (Å²) in [5.41, 5.74) is 8.52. The average molecular weight is 223 g/mol. The highest BCUT2D eigenvalue weighted by atomic mass is 16.1. The summed E-state index contributed by atoms with van der Waals surface area (Å²) in [6, 6.07) is 3.74. The Hall–Kier alpha value is -1.82. The van der Waals surface area contributed by atoms with E-state index >= 15 is 0 Å². The van der Waals surface area contributed by atoms with Gasteiger partial charge in [0.15, 0.2) is 0 Å². The number of hydrogen-bond acceptors (Lipinski definition) is 5. The maximum atomic E-state index is 11.0. The lowest BCUT2D eigenvalue weighted by atomic mass is 10.2. The first-order valence-corrected chi connectivity index (χ1v) is 5.02. The molecule has 1 heterocycles. The first kappa shape index (κ1) is 12.3. The first-order chi connectivity index (χ1) is 7.54. The normalized spacial score (nSPS) is 10.2. The quantitative estimate of drug-likeness (QED) is 0.484. The number of anilines is 2. The van der Waals surface area contributed by atoms with Crippen molar-refractivity contribution < 1.29 is 4.79 Å². The monoisotopic (exact) mass is 223 g/mol. The number of hydrazine groups is 1.